The monoisotopic (exact) mass is 170 g/mol. The van der Waals surface area contributed by atoms with E-state index in [1.54, 1.807) is 0 Å². The van der Waals surface area contributed by atoms with Gasteiger partial charge < -0.3 is 11.1 Å². The SMILES string of the molecule is CCC(=O)N[C@@H]1CCC[C@H](N)C1. The van der Waals surface area contributed by atoms with Crippen molar-refractivity contribution in [2.45, 2.75) is 51.1 Å². The fraction of sp³-hybridized carbons (Fsp3) is 0.889. The molecule has 0 aliphatic heterocycles. The quantitative estimate of drug-likeness (QED) is 0.643. The number of rotatable bonds is 2. The maximum absolute atomic E-state index is 11.0. The van der Waals surface area contributed by atoms with E-state index < -0.39 is 0 Å². The highest BCUT2D eigenvalue weighted by molar-refractivity contribution is 5.75. The first-order valence-corrected chi connectivity index (χ1v) is 4.77. The van der Waals surface area contributed by atoms with Crippen molar-refractivity contribution < 1.29 is 4.79 Å². The lowest BCUT2D eigenvalue weighted by molar-refractivity contribution is -0.121. The molecule has 2 atom stereocenters. The van der Waals surface area contributed by atoms with E-state index in [1.807, 2.05) is 6.92 Å². The lowest BCUT2D eigenvalue weighted by Crippen LogP contribution is -2.41. The van der Waals surface area contributed by atoms with Crippen molar-refractivity contribution in [1.29, 1.82) is 0 Å². The summed E-state index contributed by atoms with van der Waals surface area (Å²) in [4.78, 5) is 11.0. The Morgan fingerprint density at radius 1 is 1.58 bits per heavy atom. The topological polar surface area (TPSA) is 55.1 Å². The van der Waals surface area contributed by atoms with Crippen LogP contribution < -0.4 is 11.1 Å². The first kappa shape index (κ1) is 9.52. The van der Waals surface area contributed by atoms with Crippen LogP contribution in [0.4, 0.5) is 0 Å². The van der Waals surface area contributed by atoms with Crippen molar-refractivity contribution in [1.82, 2.24) is 5.32 Å². The van der Waals surface area contributed by atoms with Gasteiger partial charge in [-0.1, -0.05) is 6.92 Å². The lowest BCUT2D eigenvalue weighted by atomic mass is 9.91. The highest BCUT2D eigenvalue weighted by atomic mass is 16.1. The minimum atomic E-state index is 0.147. The van der Waals surface area contributed by atoms with Gasteiger partial charge >= 0.3 is 0 Å². The van der Waals surface area contributed by atoms with Gasteiger partial charge in [0.2, 0.25) is 5.91 Å². The van der Waals surface area contributed by atoms with Gasteiger partial charge in [-0.3, -0.25) is 4.79 Å². The molecule has 0 aromatic carbocycles. The fourth-order valence-corrected chi connectivity index (χ4v) is 1.69. The molecule has 1 saturated carbocycles. The van der Waals surface area contributed by atoms with Gasteiger partial charge in [-0.05, 0) is 25.7 Å². The first-order valence-electron chi connectivity index (χ1n) is 4.77. The Kier molecular flexibility index (Phi) is 3.53. The maximum Gasteiger partial charge on any atom is 0.219 e. The van der Waals surface area contributed by atoms with Gasteiger partial charge in [0.05, 0.1) is 0 Å². The van der Waals surface area contributed by atoms with E-state index in [0.717, 1.165) is 25.7 Å². The summed E-state index contributed by atoms with van der Waals surface area (Å²) in [5, 5.41) is 2.98. The Hall–Kier alpha value is -0.570. The maximum atomic E-state index is 11.0. The average molecular weight is 170 g/mol. The summed E-state index contributed by atoms with van der Waals surface area (Å²) in [6.45, 7) is 1.87. The van der Waals surface area contributed by atoms with Crippen LogP contribution in [-0.4, -0.2) is 18.0 Å². The molecule has 1 fully saturated rings. The second-order valence-electron chi connectivity index (χ2n) is 3.54. The molecule has 3 nitrogen and oxygen atoms in total. The Bertz CT molecular complexity index is 159. The molecular weight excluding hydrogens is 152 g/mol. The van der Waals surface area contributed by atoms with Crippen molar-refractivity contribution in [3.63, 3.8) is 0 Å². The van der Waals surface area contributed by atoms with Crippen LogP contribution in [0.25, 0.3) is 0 Å². The van der Waals surface area contributed by atoms with Gasteiger partial charge in [0.25, 0.3) is 0 Å². The summed E-state index contributed by atoms with van der Waals surface area (Å²) in [6, 6.07) is 0.627. The summed E-state index contributed by atoms with van der Waals surface area (Å²) in [5.74, 6) is 0.147. The second kappa shape index (κ2) is 4.45. The van der Waals surface area contributed by atoms with E-state index in [0.29, 0.717) is 18.5 Å². The number of carbonyl (C=O) groups is 1. The van der Waals surface area contributed by atoms with Crippen LogP contribution in [0, 0.1) is 0 Å². The molecule has 12 heavy (non-hydrogen) atoms. The van der Waals surface area contributed by atoms with Crippen molar-refractivity contribution in [3.05, 3.63) is 0 Å². The zero-order valence-corrected chi connectivity index (χ0v) is 7.68. The van der Waals surface area contributed by atoms with E-state index in [1.165, 1.54) is 0 Å². The average Bonchev–Trinajstić information content (AvgIpc) is 2.04. The number of amides is 1. The summed E-state index contributed by atoms with van der Waals surface area (Å²) < 4.78 is 0. The summed E-state index contributed by atoms with van der Waals surface area (Å²) in [6.07, 6.45) is 4.88. The predicted molar refractivity (Wildman–Crippen MR) is 48.7 cm³/mol. The van der Waals surface area contributed by atoms with Crippen molar-refractivity contribution in [2.75, 3.05) is 0 Å². The van der Waals surface area contributed by atoms with Crippen molar-refractivity contribution >= 4 is 5.91 Å². The Morgan fingerprint density at radius 2 is 2.33 bits per heavy atom. The van der Waals surface area contributed by atoms with E-state index in [4.69, 9.17) is 5.73 Å². The molecule has 1 amide bonds. The normalized spacial score (nSPS) is 29.8. The van der Waals surface area contributed by atoms with E-state index >= 15 is 0 Å². The Balaban J connectivity index is 2.27. The molecule has 1 aliphatic carbocycles. The van der Waals surface area contributed by atoms with Crippen LogP contribution in [0.3, 0.4) is 0 Å². The summed E-state index contributed by atoms with van der Waals surface area (Å²) >= 11 is 0. The highest BCUT2D eigenvalue weighted by Crippen LogP contribution is 2.16. The molecule has 70 valence electrons. The molecule has 0 spiro atoms. The predicted octanol–water partition coefficient (Wildman–Crippen LogP) is 0.783. The third-order valence-electron chi connectivity index (χ3n) is 2.40. The number of carbonyl (C=O) groups excluding carboxylic acids is 1. The third kappa shape index (κ3) is 2.81. The van der Waals surface area contributed by atoms with Crippen molar-refractivity contribution in [2.24, 2.45) is 5.73 Å². The Morgan fingerprint density at radius 3 is 2.92 bits per heavy atom. The van der Waals surface area contributed by atoms with Crippen LogP contribution in [0.2, 0.25) is 0 Å². The summed E-state index contributed by atoms with van der Waals surface area (Å²) in [7, 11) is 0. The minimum Gasteiger partial charge on any atom is -0.353 e. The fourth-order valence-electron chi connectivity index (χ4n) is 1.69. The summed E-state index contributed by atoms with van der Waals surface area (Å²) in [5.41, 5.74) is 5.79. The molecule has 0 unspecified atom stereocenters. The lowest BCUT2D eigenvalue weighted by Gasteiger charge is -2.27. The molecule has 0 saturated heterocycles. The van der Waals surface area contributed by atoms with Gasteiger partial charge in [-0.2, -0.15) is 0 Å². The van der Waals surface area contributed by atoms with Gasteiger partial charge in [-0.25, -0.2) is 0 Å². The van der Waals surface area contributed by atoms with Crippen LogP contribution in [0.1, 0.15) is 39.0 Å². The number of nitrogens with one attached hydrogen (secondary N) is 1. The molecule has 0 radical (unpaired) electrons. The van der Waals surface area contributed by atoms with Crippen molar-refractivity contribution in [3.8, 4) is 0 Å². The zero-order chi connectivity index (χ0) is 8.97. The molecular formula is C9H18N2O. The second-order valence-corrected chi connectivity index (χ2v) is 3.54. The highest BCUT2D eigenvalue weighted by Gasteiger charge is 2.19. The smallest absolute Gasteiger partial charge is 0.219 e. The van der Waals surface area contributed by atoms with Crippen LogP contribution in [-0.2, 0) is 4.79 Å². The van der Waals surface area contributed by atoms with Gasteiger partial charge in [0.1, 0.15) is 0 Å². The number of hydrogen-bond acceptors (Lipinski definition) is 2. The first-order chi connectivity index (χ1) is 5.72. The Labute approximate surface area is 73.7 Å². The molecule has 0 aromatic rings. The minimum absolute atomic E-state index is 0.147. The van der Waals surface area contributed by atoms with E-state index in [2.05, 4.69) is 5.32 Å². The van der Waals surface area contributed by atoms with E-state index in [-0.39, 0.29) is 5.91 Å². The van der Waals surface area contributed by atoms with Crippen LogP contribution in [0.5, 0.6) is 0 Å². The van der Waals surface area contributed by atoms with Gasteiger partial charge in [0.15, 0.2) is 0 Å². The van der Waals surface area contributed by atoms with E-state index in [9.17, 15) is 4.79 Å². The van der Waals surface area contributed by atoms with Gasteiger partial charge in [0, 0.05) is 18.5 Å². The zero-order valence-electron chi connectivity index (χ0n) is 7.68. The molecule has 0 aromatic heterocycles. The largest absolute Gasteiger partial charge is 0.353 e. The molecule has 0 bridgehead atoms. The number of nitrogens with two attached hydrogens (primary N) is 1. The molecule has 1 aliphatic rings. The number of hydrogen-bond donors (Lipinski definition) is 2. The third-order valence-corrected chi connectivity index (χ3v) is 2.40. The van der Waals surface area contributed by atoms with Crippen LogP contribution >= 0.6 is 0 Å². The standard InChI is InChI=1S/C9H18N2O/c1-2-9(12)11-8-5-3-4-7(10)6-8/h7-8H,2-6,10H2,1H3,(H,11,12)/t7-,8+/m0/s1. The molecule has 3 N–H and O–H groups in total. The molecule has 1 rings (SSSR count). The van der Waals surface area contributed by atoms with Crippen LogP contribution in [0.15, 0.2) is 0 Å². The molecule has 0 heterocycles. The molecule has 3 heteroatoms. The van der Waals surface area contributed by atoms with Gasteiger partial charge in [-0.15, -0.1) is 0 Å².